The number of carbonyl (C=O) groups is 1. The maximum atomic E-state index is 11.8. The van der Waals surface area contributed by atoms with Gasteiger partial charge in [0, 0.05) is 55.7 Å². The van der Waals surface area contributed by atoms with Gasteiger partial charge in [-0.3, -0.25) is 4.79 Å². The van der Waals surface area contributed by atoms with Crippen LogP contribution in [-0.2, 0) is 23.2 Å². The van der Waals surface area contributed by atoms with Crippen LogP contribution < -0.4 is 5.32 Å². The summed E-state index contributed by atoms with van der Waals surface area (Å²) in [4.78, 5) is 19.1. The highest BCUT2D eigenvalue weighted by molar-refractivity contribution is 5.90. The molecule has 37 heavy (non-hydrogen) atoms. The monoisotopic (exact) mass is 500 g/mol. The van der Waals surface area contributed by atoms with Crippen molar-refractivity contribution in [3.63, 3.8) is 0 Å². The normalized spacial score (nSPS) is 18.7. The predicted octanol–water partition coefficient (Wildman–Crippen LogP) is 5.49. The minimum absolute atomic E-state index is 0.0668. The number of anilines is 1. The molecule has 0 bridgehead atoms. The van der Waals surface area contributed by atoms with Gasteiger partial charge in [0.15, 0.2) is 0 Å². The van der Waals surface area contributed by atoms with Gasteiger partial charge in [-0.2, -0.15) is 0 Å². The number of amides is 1. The zero-order valence-electron chi connectivity index (χ0n) is 22.6. The molecule has 2 aliphatic rings. The van der Waals surface area contributed by atoms with E-state index in [1.165, 1.54) is 16.7 Å². The van der Waals surface area contributed by atoms with Gasteiger partial charge < -0.3 is 19.9 Å². The summed E-state index contributed by atoms with van der Waals surface area (Å²) in [6, 6.07) is 13.1. The molecule has 2 heterocycles. The third kappa shape index (κ3) is 5.65. The van der Waals surface area contributed by atoms with Gasteiger partial charge in [-0.1, -0.05) is 30.7 Å². The number of hydrogen-bond acceptors (Lipinski definition) is 4. The Morgan fingerprint density at radius 1 is 1.11 bits per heavy atom. The number of piperidine rings is 1. The van der Waals surface area contributed by atoms with Gasteiger partial charge in [0.2, 0.25) is 5.91 Å². The van der Waals surface area contributed by atoms with Crippen molar-refractivity contribution in [1.82, 2.24) is 14.5 Å². The Hall–Kier alpha value is -2.96. The summed E-state index contributed by atoms with van der Waals surface area (Å²) < 4.78 is 2.33. The number of carbonyl (C=O) groups excluding carboxylic acids is 1. The van der Waals surface area contributed by atoms with Crippen LogP contribution in [0.15, 0.2) is 48.8 Å². The highest BCUT2D eigenvalue weighted by Gasteiger charge is 2.29. The van der Waals surface area contributed by atoms with Crippen LogP contribution >= 0.6 is 0 Å². The summed E-state index contributed by atoms with van der Waals surface area (Å²) >= 11 is 0. The highest BCUT2D eigenvalue weighted by Crippen LogP contribution is 2.36. The molecule has 3 aromatic rings. The fraction of sp³-hybridized carbons (Fsp3) is 0.484. The summed E-state index contributed by atoms with van der Waals surface area (Å²) in [6.07, 6.45) is 8.90. The van der Waals surface area contributed by atoms with Gasteiger partial charge in [0.05, 0.1) is 5.60 Å². The molecule has 196 valence electrons. The van der Waals surface area contributed by atoms with Crippen LogP contribution in [0.5, 0.6) is 0 Å². The van der Waals surface area contributed by atoms with Crippen LogP contribution in [-0.4, -0.2) is 45.1 Å². The van der Waals surface area contributed by atoms with Crippen LogP contribution in [0.1, 0.15) is 68.3 Å². The Labute approximate surface area is 220 Å². The van der Waals surface area contributed by atoms with E-state index in [4.69, 9.17) is 4.98 Å². The molecule has 0 radical (unpaired) electrons. The van der Waals surface area contributed by atoms with Crippen LogP contribution in [0.2, 0.25) is 0 Å². The Balaban J connectivity index is 1.22. The molecule has 2 aromatic carbocycles. The number of nitrogens with zero attached hydrogens (tertiary/aromatic N) is 3. The van der Waals surface area contributed by atoms with E-state index >= 15 is 0 Å². The summed E-state index contributed by atoms with van der Waals surface area (Å²) in [7, 11) is 0. The fourth-order valence-electron chi connectivity index (χ4n) is 6.10. The predicted molar refractivity (Wildman–Crippen MR) is 149 cm³/mol. The van der Waals surface area contributed by atoms with Crippen molar-refractivity contribution in [1.29, 1.82) is 0 Å². The lowest BCUT2D eigenvalue weighted by atomic mass is 9.91. The van der Waals surface area contributed by atoms with Gasteiger partial charge >= 0.3 is 0 Å². The van der Waals surface area contributed by atoms with Crippen LogP contribution in [0, 0.1) is 12.8 Å². The number of hydrogen-bond donors (Lipinski definition) is 2. The third-order valence-electron chi connectivity index (χ3n) is 8.04. The van der Waals surface area contributed by atoms with Crippen molar-refractivity contribution in [2.45, 2.75) is 71.4 Å². The number of imidazole rings is 1. The van der Waals surface area contributed by atoms with Gasteiger partial charge in [-0.25, -0.2) is 4.98 Å². The first kappa shape index (κ1) is 25.7. The Kier molecular flexibility index (Phi) is 7.24. The number of benzene rings is 2. The molecule has 0 unspecified atom stereocenters. The second-order valence-electron chi connectivity index (χ2n) is 11.5. The maximum Gasteiger partial charge on any atom is 0.224 e. The molecule has 5 rings (SSSR count). The molecule has 1 aliphatic heterocycles. The molecule has 2 N–H and O–H groups in total. The summed E-state index contributed by atoms with van der Waals surface area (Å²) in [5.41, 5.74) is 5.93. The van der Waals surface area contributed by atoms with Crippen LogP contribution in [0.3, 0.4) is 0 Å². The van der Waals surface area contributed by atoms with Gasteiger partial charge in [0.1, 0.15) is 5.82 Å². The number of nitrogens with one attached hydrogen (secondary N) is 1. The van der Waals surface area contributed by atoms with Gasteiger partial charge in [-0.15, -0.1) is 0 Å². The quantitative estimate of drug-likeness (QED) is 0.450. The highest BCUT2D eigenvalue weighted by atomic mass is 16.3. The van der Waals surface area contributed by atoms with Crippen LogP contribution in [0.25, 0.3) is 11.4 Å². The molecule has 1 saturated heterocycles. The molecule has 1 amide bonds. The molecular formula is C31H40N4O2. The standard InChI is InChI=1S/C31H40N4O2/c1-5-29(36)33-25-8-7-23-17-22(18-24(23)19-25)20-34-13-10-26(11-14-34)35-15-12-32-30(35)27-16-21(2)6-9-28(27)31(3,4)37/h6-9,12,15-16,19,22,26,37H,5,10-11,13-14,17-18,20H2,1-4H3,(H,33,36)/t22-/m1/s1. The number of aryl methyl sites for hydroxylation is 1. The lowest BCUT2D eigenvalue weighted by Crippen LogP contribution is -2.38. The zero-order chi connectivity index (χ0) is 26.2. The summed E-state index contributed by atoms with van der Waals surface area (Å²) in [5.74, 6) is 1.66. The minimum Gasteiger partial charge on any atom is -0.386 e. The number of aliphatic hydroxyl groups is 1. The number of rotatable bonds is 7. The van der Waals surface area contributed by atoms with E-state index in [2.05, 4.69) is 52.2 Å². The lowest BCUT2D eigenvalue weighted by Gasteiger charge is -2.35. The number of fused-ring (bicyclic) bond motifs is 1. The van der Waals surface area contributed by atoms with E-state index in [0.717, 1.165) is 68.0 Å². The summed E-state index contributed by atoms with van der Waals surface area (Å²) in [5, 5.41) is 13.8. The second-order valence-corrected chi connectivity index (χ2v) is 11.5. The fourth-order valence-corrected chi connectivity index (χ4v) is 6.10. The van der Waals surface area contributed by atoms with Crippen LogP contribution in [0.4, 0.5) is 5.69 Å². The topological polar surface area (TPSA) is 70.4 Å². The van der Waals surface area contributed by atoms with E-state index in [-0.39, 0.29) is 5.91 Å². The van der Waals surface area contributed by atoms with E-state index in [1.54, 1.807) is 0 Å². The molecule has 0 spiro atoms. The van der Waals surface area contributed by atoms with E-state index in [9.17, 15) is 9.90 Å². The van der Waals surface area contributed by atoms with E-state index in [0.29, 0.717) is 18.4 Å². The van der Waals surface area contributed by atoms with Crippen molar-refractivity contribution in [2.75, 3.05) is 25.0 Å². The minimum atomic E-state index is -0.926. The molecule has 1 fully saturated rings. The SMILES string of the molecule is CCC(=O)Nc1ccc2c(c1)C[C@H](CN1CCC(n3ccnc3-c3cc(C)ccc3C(C)(C)O)CC1)C2. The van der Waals surface area contributed by atoms with Crippen molar-refractivity contribution >= 4 is 11.6 Å². The molecule has 1 aromatic heterocycles. The van der Waals surface area contributed by atoms with E-state index < -0.39 is 5.60 Å². The van der Waals surface area contributed by atoms with Crippen molar-refractivity contribution < 1.29 is 9.90 Å². The first-order valence-corrected chi connectivity index (χ1v) is 13.7. The number of likely N-dealkylation sites (tertiary alicyclic amines) is 1. The van der Waals surface area contributed by atoms with Gasteiger partial charge in [0.25, 0.3) is 0 Å². The molecule has 6 nitrogen and oxygen atoms in total. The summed E-state index contributed by atoms with van der Waals surface area (Å²) in [6.45, 7) is 10.9. The first-order valence-electron chi connectivity index (χ1n) is 13.7. The van der Waals surface area contributed by atoms with Crippen molar-refractivity contribution in [2.24, 2.45) is 5.92 Å². The Morgan fingerprint density at radius 2 is 1.86 bits per heavy atom. The average molecular weight is 501 g/mol. The first-order chi connectivity index (χ1) is 17.7. The van der Waals surface area contributed by atoms with Crippen molar-refractivity contribution in [3.8, 4) is 11.4 Å². The smallest absolute Gasteiger partial charge is 0.224 e. The molecule has 6 heteroatoms. The average Bonchev–Trinajstić information content (AvgIpc) is 3.50. The Bertz CT molecular complexity index is 1260. The lowest BCUT2D eigenvalue weighted by molar-refractivity contribution is -0.115. The third-order valence-corrected chi connectivity index (χ3v) is 8.04. The second kappa shape index (κ2) is 10.4. The van der Waals surface area contributed by atoms with Crippen molar-refractivity contribution in [3.05, 3.63) is 71.0 Å². The van der Waals surface area contributed by atoms with Gasteiger partial charge in [-0.05, 0) is 87.3 Å². The number of aromatic nitrogens is 2. The molecular weight excluding hydrogens is 460 g/mol. The largest absolute Gasteiger partial charge is 0.386 e. The molecule has 1 aliphatic carbocycles. The molecule has 0 saturated carbocycles. The molecule has 1 atom stereocenters. The maximum absolute atomic E-state index is 11.8. The van der Waals surface area contributed by atoms with E-state index in [1.807, 2.05) is 39.1 Å². The zero-order valence-corrected chi connectivity index (χ0v) is 22.6. The Morgan fingerprint density at radius 3 is 2.59 bits per heavy atom.